The van der Waals surface area contributed by atoms with Gasteiger partial charge in [0.2, 0.25) is 5.95 Å². The number of furan rings is 1. The van der Waals surface area contributed by atoms with Crippen LogP contribution in [0, 0.1) is 0 Å². The summed E-state index contributed by atoms with van der Waals surface area (Å²) in [6.07, 6.45) is 0. The average molecular weight is 689 g/mol. The van der Waals surface area contributed by atoms with E-state index in [-0.39, 0.29) is 0 Å². The maximum absolute atomic E-state index is 6.38. The van der Waals surface area contributed by atoms with Gasteiger partial charge in [0, 0.05) is 43.6 Å². The third kappa shape index (κ3) is 4.12. The van der Waals surface area contributed by atoms with Gasteiger partial charge in [-0.2, -0.15) is 9.97 Å². The molecule has 250 valence electrons. The Morgan fingerprint density at radius 2 is 1.00 bits per heavy atom. The van der Waals surface area contributed by atoms with Crippen molar-refractivity contribution >= 4 is 76.1 Å². The van der Waals surface area contributed by atoms with E-state index < -0.39 is 0 Å². The molecule has 0 fully saturated rings. The zero-order chi connectivity index (χ0) is 35.3. The summed E-state index contributed by atoms with van der Waals surface area (Å²) in [5.74, 6) is 1.81. The minimum Gasteiger partial charge on any atom is -0.455 e. The summed E-state index contributed by atoms with van der Waals surface area (Å²) in [4.78, 5) is 15.6. The highest BCUT2D eigenvalue weighted by molar-refractivity contribution is 6.39. The molecule has 5 heteroatoms. The van der Waals surface area contributed by atoms with Crippen molar-refractivity contribution in [2.75, 3.05) is 0 Å². The standard InChI is InChI=1S/C49H28N4O/c1-2-12-30(13-3-1)47-50-48(31-26-24-29(25-27-31)34-19-10-21-39-36-17-8-9-23-42(36)54-46(34)39)52-49(51-47)53-40-22-11-20-38-35-16-6-7-18-37(35)43-33-15-5-4-14-32(33)28-41(53)45(43)44(38)40/h1-28H. The van der Waals surface area contributed by atoms with Crippen molar-refractivity contribution in [2.24, 2.45) is 0 Å². The van der Waals surface area contributed by atoms with E-state index in [0.29, 0.717) is 17.6 Å². The molecule has 0 atom stereocenters. The Kier molecular flexibility index (Phi) is 5.99. The van der Waals surface area contributed by atoms with Gasteiger partial charge in [-0.1, -0.05) is 152 Å². The minimum absolute atomic E-state index is 0.583. The van der Waals surface area contributed by atoms with Crippen LogP contribution in [0.5, 0.6) is 0 Å². The Balaban J connectivity index is 1.11. The molecule has 54 heavy (non-hydrogen) atoms. The third-order valence-corrected chi connectivity index (χ3v) is 11.0. The number of aromatic nitrogens is 4. The van der Waals surface area contributed by atoms with Crippen LogP contribution in [-0.2, 0) is 0 Å². The second-order valence-corrected chi connectivity index (χ2v) is 14.0. The molecule has 9 aromatic carbocycles. The lowest BCUT2D eigenvalue weighted by Gasteiger charge is -2.12. The quantitative estimate of drug-likeness (QED) is 0.173. The van der Waals surface area contributed by atoms with Gasteiger partial charge in [-0.25, -0.2) is 4.98 Å². The Bertz CT molecular complexity index is 3430. The van der Waals surface area contributed by atoms with Crippen molar-refractivity contribution in [2.45, 2.75) is 0 Å². The predicted octanol–water partition coefficient (Wildman–Crippen LogP) is 12.8. The van der Waals surface area contributed by atoms with Crippen LogP contribution in [0.1, 0.15) is 0 Å². The Morgan fingerprint density at radius 3 is 1.83 bits per heavy atom. The summed E-state index contributed by atoms with van der Waals surface area (Å²) in [5.41, 5.74) is 7.86. The van der Waals surface area contributed by atoms with Crippen LogP contribution in [0.3, 0.4) is 0 Å². The average Bonchev–Trinajstić information content (AvgIpc) is 3.79. The molecule has 0 bridgehead atoms. The van der Waals surface area contributed by atoms with Crippen LogP contribution < -0.4 is 0 Å². The highest BCUT2D eigenvalue weighted by Gasteiger charge is 2.24. The van der Waals surface area contributed by atoms with Crippen molar-refractivity contribution < 1.29 is 4.42 Å². The molecular formula is C49H28N4O. The predicted molar refractivity (Wildman–Crippen MR) is 221 cm³/mol. The van der Waals surface area contributed by atoms with Gasteiger partial charge in [-0.15, -0.1) is 0 Å². The molecular weight excluding hydrogens is 661 g/mol. The number of rotatable bonds is 4. The zero-order valence-electron chi connectivity index (χ0n) is 28.9. The summed E-state index contributed by atoms with van der Waals surface area (Å²) in [5, 5.41) is 12.1. The monoisotopic (exact) mass is 688 g/mol. The molecule has 0 saturated carbocycles. The number of benzene rings is 9. The van der Waals surface area contributed by atoms with E-state index >= 15 is 0 Å². The van der Waals surface area contributed by atoms with Crippen molar-refractivity contribution in [3.63, 3.8) is 0 Å². The van der Waals surface area contributed by atoms with Crippen LogP contribution in [0.15, 0.2) is 174 Å². The van der Waals surface area contributed by atoms with Gasteiger partial charge in [0.25, 0.3) is 0 Å². The molecule has 3 heterocycles. The van der Waals surface area contributed by atoms with E-state index in [1.165, 1.54) is 43.1 Å². The van der Waals surface area contributed by atoms with E-state index in [9.17, 15) is 0 Å². The first kappa shape index (κ1) is 29.2. The van der Waals surface area contributed by atoms with E-state index in [1.54, 1.807) is 0 Å². The molecule has 12 rings (SSSR count). The first-order valence-electron chi connectivity index (χ1n) is 18.2. The lowest BCUT2D eigenvalue weighted by molar-refractivity contribution is 0.670. The first-order valence-corrected chi connectivity index (χ1v) is 18.2. The molecule has 5 nitrogen and oxygen atoms in total. The number of nitrogens with zero attached hydrogens (tertiary/aromatic N) is 4. The highest BCUT2D eigenvalue weighted by Crippen LogP contribution is 2.46. The molecule has 0 spiro atoms. The van der Waals surface area contributed by atoms with E-state index in [2.05, 4.69) is 144 Å². The van der Waals surface area contributed by atoms with E-state index in [4.69, 9.17) is 19.4 Å². The maximum atomic E-state index is 6.38. The Hall–Kier alpha value is -7.37. The van der Waals surface area contributed by atoms with Crippen LogP contribution in [0.4, 0.5) is 0 Å². The molecule has 0 unspecified atom stereocenters. The van der Waals surface area contributed by atoms with Crippen molar-refractivity contribution in [3.05, 3.63) is 170 Å². The van der Waals surface area contributed by atoms with Gasteiger partial charge in [0.1, 0.15) is 11.2 Å². The van der Waals surface area contributed by atoms with Gasteiger partial charge in [0.05, 0.1) is 11.0 Å². The molecule has 3 aromatic heterocycles. The lowest BCUT2D eigenvalue weighted by Crippen LogP contribution is -2.06. The second kappa shape index (κ2) is 11.1. The number of hydrogen-bond acceptors (Lipinski definition) is 4. The Labute approximate surface area is 308 Å². The van der Waals surface area contributed by atoms with Gasteiger partial charge < -0.3 is 4.42 Å². The van der Waals surface area contributed by atoms with Crippen LogP contribution in [0.25, 0.3) is 116 Å². The summed E-state index contributed by atoms with van der Waals surface area (Å²) < 4.78 is 8.62. The molecule has 0 radical (unpaired) electrons. The zero-order valence-corrected chi connectivity index (χ0v) is 28.9. The summed E-state index contributed by atoms with van der Waals surface area (Å²) >= 11 is 0. The second-order valence-electron chi connectivity index (χ2n) is 14.0. The molecule has 0 aliphatic heterocycles. The molecule has 0 N–H and O–H groups in total. The molecule has 0 saturated heterocycles. The van der Waals surface area contributed by atoms with E-state index in [0.717, 1.165) is 55.2 Å². The van der Waals surface area contributed by atoms with Crippen LogP contribution in [-0.4, -0.2) is 19.5 Å². The SMILES string of the molecule is c1ccc(-c2nc(-c3ccc(-c4cccc5c4oc4ccccc45)cc3)nc(-n3c4cccc5c6ccccc6c6c7ccccc7cc3c6c54)n2)cc1. The van der Waals surface area contributed by atoms with Crippen molar-refractivity contribution in [3.8, 4) is 39.9 Å². The summed E-state index contributed by atoms with van der Waals surface area (Å²) in [6, 6.07) is 59.5. The normalized spacial score (nSPS) is 12.1. The smallest absolute Gasteiger partial charge is 0.238 e. The number of hydrogen-bond donors (Lipinski definition) is 0. The van der Waals surface area contributed by atoms with Crippen molar-refractivity contribution in [1.29, 1.82) is 0 Å². The lowest BCUT2D eigenvalue weighted by atomic mass is 9.91. The minimum atomic E-state index is 0.583. The maximum Gasteiger partial charge on any atom is 0.238 e. The fraction of sp³-hybridized carbons (Fsp3) is 0. The summed E-state index contributed by atoms with van der Waals surface area (Å²) in [7, 11) is 0. The largest absolute Gasteiger partial charge is 0.455 e. The van der Waals surface area contributed by atoms with Gasteiger partial charge >= 0.3 is 0 Å². The third-order valence-electron chi connectivity index (χ3n) is 11.0. The van der Waals surface area contributed by atoms with E-state index in [1.807, 2.05) is 30.3 Å². The number of fused-ring (bicyclic) bond motifs is 8. The molecule has 12 aromatic rings. The molecule has 0 aliphatic rings. The molecule has 0 aliphatic carbocycles. The highest BCUT2D eigenvalue weighted by atomic mass is 16.3. The fourth-order valence-electron chi connectivity index (χ4n) is 8.62. The Morgan fingerprint density at radius 1 is 0.389 bits per heavy atom. The van der Waals surface area contributed by atoms with Gasteiger partial charge in [-0.05, 0) is 50.7 Å². The van der Waals surface area contributed by atoms with Gasteiger partial charge in [0.15, 0.2) is 11.6 Å². The molecule has 0 amide bonds. The van der Waals surface area contributed by atoms with Crippen molar-refractivity contribution in [1.82, 2.24) is 19.5 Å². The first-order chi connectivity index (χ1) is 26.8. The number of para-hydroxylation sites is 2. The topological polar surface area (TPSA) is 56.7 Å². The fourth-order valence-corrected chi connectivity index (χ4v) is 8.62. The van der Waals surface area contributed by atoms with Crippen LogP contribution in [0.2, 0.25) is 0 Å². The van der Waals surface area contributed by atoms with Gasteiger partial charge in [-0.3, -0.25) is 4.57 Å². The van der Waals surface area contributed by atoms with Crippen LogP contribution >= 0.6 is 0 Å². The summed E-state index contributed by atoms with van der Waals surface area (Å²) in [6.45, 7) is 0.